The highest BCUT2D eigenvalue weighted by Gasteiger charge is 2.12. The fourth-order valence-electron chi connectivity index (χ4n) is 2.92. The predicted octanol–water partition coefficient (Wildman–Crippen LogP) is 3.13. The van der Waals surface area contributed by atoms with Crippen molar-refractivity contribution in [3.63, 3.8) is 0 Å². The molecular weight excluding hydrogens is 391 g/mol. The molecule has 1 amide bonds. The summed E-state index contributed by atoms with van der Waals surface area (Å²) in [6, 6.07) is 10.4. The molecule has 0 aliphatic heterocycles. The third-order valence-electron chi connectivity index (χ3n) is 4.27. The number of ether oxygens (including phenoxy) is 1. The fourth-order valence-corrected chi connectivity index (χ4v) is 2.92. The topological polar surface area (TPSA) is 125 Å². The number of aromatic nitrogens is 4. The maximum atomic E-state index is 13.2. The largest absolute Gasteiger partial charge is 0.504 e. The average Bonchev–Trinajstić information content (AvgIpc) is 3.14. The number of fused-ring (bicyclic) bond motifs is 1. The number of halogens is 1. The van der Waals surface area contributed by atoms with Gasteiger partial charge in [-0.2, -0.15) is 5.10 Å². The molecule has 4 N–H and O–H groups in total. The molecule has 0 saturated carbocycles. The van der Waals surface area contributed by atoms with Gasteiger partial charge in [-0.3, -0.25) is 9.89 Å². The molecular formula is C20H17FN6O3. The van der Waals surface area contributed by atoms with Crippen molar-refractivity contribution in [3.05, 3.63) is 60.3 Å². The molecule has 0 aliphatic rings. The van der Waals surface area contributed by atoms with Gasteiger partial charge in [0.15, 0.2) is 17.3 Å². The van der Waals surface area contributed by atoms with Crippen LogP contribution in [-0.4, -0.2) is 38.3 Å². The normalized spacial score (nSPS) is 10.7. The van der Waals surface area contributed by atoms with Crippen molar-refractivity contribution in [2.75, 3.05) is 17.7 Å². The molecule has 0 fully saturated rings. The molecule has 30 heavy (non-hydrogen) atoms. The number of nitrogens with zero attached hydrogens (tertiary/aromatic N) is 3. The first-order chi connectivity index (χ1) is 14.5. The number of rotatable bonds is 6. The Morgan fingerprint density at radius 1 is 1.23 bits per heavy atom. The Morgan fingerprint density at radius 2 is 2.10 bits per heavy atom. The van der Waals surface area contributed by atoms with Gasteiger partial charge in [0.1, 0.15) is 18.0 Å². The number of phenols is 1. The van der Waals surface area contributed by atoms with Gasteiger partial charge in [-0.25, -0.2) is 14.4 Å². The summed E-state index contributed by atoms with van der Waals surface area (Å²) in [5.74, 6) is 0.374. The van der Waals surface area contributed by atoms with E-state index in [4.69, 9.17) is 4.74 Å². The second-order valence-corrected chi connectivity index (χ2v) is 6.40. The van der Waals surface area contributed by atoms with E-state index in [1.54, 1.807) is 18.2 Å². The Labute approximate surface area is 169 Å². The van der Waals surface area contributed by atoms with Crippen LogP contribution in [0, 0.1) is 5.82 Å². The lowest BCUT2D eigenvalue weighted by Crippen LogP contribution is -2.14. The maximum absolute atomic E-state index is 13.2. The van der Waals surface area contributed by atoms with E-state index in [1.807, 2.05) is 0 Å². The molecule has 0 radical (unpaired) electrons. The minimum Gasteiger partial charge on any atom is -0.504 e. The number of phenolic OH excluding ortho intramolecular Hbond substituents is 1. The molecule has 152 valence electrons. The SMILES string of the molecule is COc1cc2ncnc(Nc3cc(CC(=O)Nc4cccc(F)c4)[nH]n3)c2cc1O. The molecule has 9 nitrogen and oxygen atoms in total. The Balaban J connectivity index is 1.48. The van der Waals surface area contributed by atoms with Crippen molar-refractivity contribution >= 4 is 34.1 Å². The van der Waals surface area contributed by atoms with Gasteiger partial charge in [-0.15, -0.1) is 0 Å². The van der Waals surface area contributed by atoms with Crippen molar-refractivity contribution in [2.45, 2.75) is 6.42 Å². The van der Waals surface area contributed by atoms with E-state index in [2.05, 4.69) is 30.8 Å². The summed E-state index contributed by atoms with van der Waals surface area (Å²) in [4.78, 5) is 20.5. The van der Waals surface area contributed by atoms with E-state index in [-0.39, 0.29) is 18.1 Å². The van der Waals surface area contributed by atoms with Crippen LogP contribution in [0.25, 0.3) is 10.9 Å². The Morgan fingerprint density at radius 3 is 2.90 bits per heavy atom. The number of carbonyl (C=O) groups excluding carboxylic acids is 1. The summed E-state index contributed by atoms with van der Waals surface area (Å²) in [6.45, 7) is 0. The minimum absolute atomic E-state index is 0.0215. The number of carbonyl (C=O) groups is 1. The van der Waals surface area contributed by atoms with E-state index in [1.165, 1.54) is 37.7 Å². The third kappa shape index (κ3) is 4.12. The number of anilines is 3. The summed E-state index contributed by atoms with van der Waals surface area (Å²) in [7, 11) is 1.46. The molecule has 2 aromatic carbocycles. The van der Waals surface area contributed by atoms with Crippen LogP contribution in [-0.2, 0) is 11.2 Å². The molecule has 0 atom stereocenters. The zero-order valence-corrected chi connectivity index (χ0v) is 15.8. The van der Waals surface area contributed by atoms with Crippen molar-refractivity contribution < 1.29 is 19.0 Å². The van der Waals surface area contributed by atoms with Crippen LogP contribution in [0.5, 0.6) is 11.5 Å². The van der Waals surface area contributed by atoms with Crippen LogP contribution in [0.2, 0.25) is 0 Å². The van der Waals surface area contributed by atoms with E-state index in [0.29, 0.717) is 39.7 Å². The van der Waals surface area contributed by atoms with Gasteiger partial charge in [0.25, 0.3) is 0 Å². The number of nitrogens with one attached hydrogen (secondary N) is 3. The molecule has 0 bridgehead atoms. The number of aromatic amines is 1. The van der Waals surface area contributed by atoms with Gasteiger partial charge >= 0.3 is 0 Å². The number of hydrogen-bond acceptors (Lipinski definition) is 7. The lowest BCUT2D eigenvalue weighted by atomic mass is 10.2. The Hall–Kier alpha value is -4.21. The van der Waals surface area contributed by atoms with Crippen molar-refractivity contribution in [1.82, 2.24) is 20.2 Å². The monoisotopic (exact) mass is 408 g/mol. The number of H-pyrrole nitrogens is 1. The van der Waals surface area contributed by atoms with Crippen LogP contribution in [0.4, 0.5) is 21.7 Å². The molecule has 0 unspecified atom stereocenters. The smallest absolute Gasteiger partial charge is 0.230 e. The average molecular weight is 408 g/mol. The molecule has 10 heteroatoms. The minimum atomic E-state index is -0.429. The van der Waals surface area contributed by atoms with Gasteiger partial charge in [-0.1, -0.05) is 6.07 Å². The highest BCUT2D eigenvalue weighted by Crippen LogP contribution is 2.33. The highest BCUT2D eigenvalue weighted by atomic mass is 19.1. The predicted molar refractivity (Wildman–Crippen MR) is 108 cm³/mol. The van der Waals surface area contributed by atoms with Gasteiger partial charge in [0.05, 0.1) is 19.0 Å². The number of aromatic hydroxyl groups is 1. The van der Waals surface area contributed by atoms with Crippen molar-refractivity contribution in [1.29, 1.82) is 0 Å². The second-order valence-electron chi connectivity index (χ2n) is 6.40. The summed E-state index contributed by atoms with van der Waals surface area (Å²) in [5, 5.41) is 23.2. The van der Waals surface area contributed by atoms with Crippen LogP contribution in [0.3, 0.4) is 0 Å². The number of benzene rings is 2. The Bertz CT molecular complexity index is 1230. The van der Waals surface area contributed by atoms with Crippen LogP contribution < -0.4 is 15.4 Å². The zero-order chi connectivity index (χ0) is 21.1. The van der Waals surface area contributed by atoms with Crippen LogP contribution in [0.15, 0.2) is 48.8 Å². The molecule has 0 spiro atoms. The zero-order valence-electron chi connectivity index (χ0n) is 15.8. The van der Waals surface area contributed by atoms with Gasteiger partial charge < -0.3 is 20.5 Å². The molecule has 2 aromatic heterocycles. The maximum Gasteiger partial charge on any atom is 0.230 e. The fraction of sp³-hybridized carbons (Fsp3) is 0.100. The van der Waals surface area contributed by atoms with Crippen molar-refractivity contribution in [2.24, 2.45) is 0 Å². The first-order valence-corrected chi connectivity index (χ1v) is 8.90. The van der Waals surface area contributed by atoms with E-state index in [0.717, 1.165) is 0 Å². The summed E-state index contributed by atoms with van der Waals surface area (Å²) >= 11 is 0. The van der Waals surface area contributed by atoms with E-state index >= 15 is 0 Å². The van der Waals surface area contributed by atoms with Gasteiger partial charge in [0.2, 0.25) is 5.91 Å². The standard InChI is InChI=1S/C20H17FN6O3/c1-30-17-9-15-14(8-16(17)28)20(23-10-22-15)25-18-6-13(26-27-18)7-19(29)24-12-4-2-3-11(21)5-12/h2-6,8-10,28H,7H2,1H3,(H,24,29)(H2,22,23,25,26,27). The number of hydrogen-bond donors (Lipinski definition) is 4. The third-order valence-corrected chi connectivity index (χ3v) is 4.27. The van der Waals surface area contributed by atoms with E-state index in [9.17, 15) is 14.3 Å². The summed E-state index contributed by atoms with van der Waals surface area (Å²) in [6.07, 6.45) is 1.40. The quantitative estimate of drug-likeness (QED) is 0.386. The number of amides is 1. The lowest BCUT2D eigenvalue weighted by Gasteiger charge is -2.08. The molecule has 4 rings (SSSR count). The molecule has 0 saturated heterocycles. The van der Waals surface area contributed by atoms with Crippen LogP contribution in [0.1, 0.15) is 5.69 Å². The summed E-state index contributed by atoms with van der Waals surface area (Å²) < 4.78 is 18.3. The highest BCUT2D eigenvalue weighted by molar-refractivity contribution is 5.93. The van der Waals surface area contributed by atoms with E-state index < -0.39 is 5.82 Å². The number of methoxy groups -OCH3 is 1. The van der Waals surface area contributed by atoms with Crippen molar-refractivity contribution in [3.8, 4) is 11.5 Å². The lowest BCUT2D eigenvalue weighted by molar-refractivity contribution is -0.115. The van der Waals surface area contributed by atoms with Gasteiger partial charge in [-0.05, 0) is 24.3 Å². The molecule has 0 aliphatic carbocycles. The first-order valence-electron chi connectivity index (χ1n) is 8.90. The first kappa shape index (κ1) is 19.1. The molecule has 2 heterocycles. The molecule has 4 aromatic rings. The second kappa shape index (κ2) is 8.03. The van der Waals surface area contributed by atoms with Crippen LogP contribution >= 0.6 is 0 Å². The van der Waals surface area contributed by atoms with Gasteiger partial charge in [0, 0.05) is 28.9 Å². The Kier molecular flexibility index (Phi) is 5.12. The summed E-state index contributed by atoms with van der Waals surface area (Å²) in [5.41, 5.74) is 1.50.